The maximum Gasteiger partial charge on any atom is 0.236 e. The lowest BCUT2D eigenvalue weighted by molar-refractivity contribution is -0.128. The van der Waals surface area contributed by atoms with Gasteiger partial charge < -0.3 is 10.2 Å². The molecule has 1 heterocycles. The van der Waals surface area contributed by atoms with Gasteiger partial charge in [0.2, 0.25) is 5.91 Å². The van der Waals surface area contributed by atoms with Crippen LogP contribution in [0.1, 0.15) is 18.7 Å². The Hall–Kier alpha value is -0.870. The lowest BCUT2D eigenvalue weighted by Crippen LogP contribution is -2.39. The molecule has 0 aliphatic heterocycles. The lowest BCUT2D eigenvalue weighted by Gasteiger charge is -2.17. The zero-order chi connectivity index (χ0) is 12.0. The van der Waals surface area contributed by atoms with Crippen molar-refractivity contribution in [2.45, 2.75) is 26.3 Å². The largest absolute Gasteiger partial charge is 0.345 e. The predicted molar refractivity (Wildman–Crippen MR) is 68.8 cm³/mol. The van der Waals surface area contributed by atoms with Crippen LogP contribution in [0, 0.1) is 0 Å². The molecular weight excluding hydrogens is 220 g/mol. The molecule has 1 amide bonds. The van der Waals surface area contributed by atoms with Gasteiger partial charge in [0.05, 0.1) is 6.54 Å². The molecule has 1 atom stereocenters. The Labute approximate surface area is 101 Å². The average Bonchev–Trinajstić information content (AvgIpc) is 2.77. The van der Waals surface area contributed by atoms with Crippen molar-refractivity contribution >= 4 is 17.2 Å². The van der Waals surface area contributed by atoms with Crippen molar-refractivity contribution in [1.29, 1.82) is 0 Å². The molecule has 1 unspecified atom stereocenters. The van der Waals surface area contributed by atoms with Gasteiger partial charge in [-0.1, -0.05) is 6.07 Å². The van der Waals surface area contributed by atoms with Gasteiger partial charge in [-0.2, -0.15) is 0 Å². The molecule has 1 aromatic heterocycles. The van der Waals surface area contributed by atoms with Crippen molar-refractivity contribution in [3.05, 3.63) is 22.4 Å². The molecule has 0 aliphatic rings. The Morgan fingerprint density at radius 2 is 2.38 bits per heavy atom. The fourth-order valence-corrected chi connectivity index (χ4v) is 2.21. The van der Waals surface area contributed by atoms with Crippen molar-refractivity contribution in [3.63, 3.8) is 0 Å². The second-order valence-corrected chi connectivity index (χ2v) is 5.01. The quantitative estimate of drug-likeness (QED) is 0.821. The van der Waals surface area contributed by atoms with Gasteiger partial charge in [0, 0.05) is 24.5 Å². The van der Waals surface area contributed by atoms with Crippen LogP contribution in [-0.2, 0) is 11.2 Å². The normalized spacial score (nSPS) is 12.4. The van der Waals surface area contributed by atoms with E-state index >= 15 is 0 Å². The first-order valence-corrected chi connectivity index (χ1v) is 6.51. The van der Waals surface area contributed by atoms with Crippen LogP contribution in [0.4, 0.5) is 0 Å². The molecule has 4 heteroatoms. The first-order chi connectivity index (χ1) is 7.63. The minimum Gasteiger partial charge on any atom is -0.345 e. The highest BCUT2D eigenvalue weighted by molar-refractivity contribution is 7.09. The van der Waals surface area contributed by atoms with E-state index in [1.165, 1.54) is 4.88 Å². The number of rotatable bonds is 6. The van der Waals surface area contributed by atoms with Gasteiger partial charge in [0.1, 0.15) is 0 Å². The minimum absolute atomic E-state index is 0.153. The maximum absolute atomic E-state index is 11.5. The molecule has 3 nitrogen and oxygen atoms in total. The molecule has 0 saturated carbocycles. The van der Waals surface area contributed by atoms with Gasteiger partial charge in [0.15, 0.2) is 0 Å². The molecule has 0 spiro atoms. The molecule has 0 radical (unpaired) electrons. The summed E-state index contributed by atoms with van der Waals surface area (Å²) < 4.78 is 0. The second kappa shape index (κ2) is 6.66. The highest BCUT2D eigenvalue weighted by Crippen LogP contribution is 2.10. The molecule has 1 aromatic rings. The fraction of sp³-hybridized carbons (Fsp3) is 0.583. The van der Waals surface area contributed by atoms with E-state index in [1.54, 1.807) is 16.2 Å². The van der Waals surface area contributed by atoms with Crippen LogP contribution in [0.3, 0.4) is 0 Å². The zero-order valence-corrected chi connectivity index (χ0v) is 11.0. The fourth-order valence-electron chi connectivity index (χ4n) is 1.38. The van der Waals surface area contributed by atoms with E-state index in [2.05, 4.69) is 29.8 Å². The number of carbonyl (C=O) groups is 1. The smallest absolute Gasteiger partial charge is 0.236 e. The third kappa shape index (κ3) is 4.33. The van der Waals surface area contributed by atoms with Crippen LogP contribution in [0.25, 0.3) is 0 Å². The number of carbonyl (C=O) groups excluding carboxylic acids is 1. The maximum atomic E-state index is 11.5. The Morgan fingerprint density at radius 3 is 2.94 bits per heavy atom. The van der Waals surface area contributed by atoms with Crippen LogP contribution in [0.5, 0.6) is 0 Å². The van der Waals surface area contributed by atoms with Crippen LogP contribution in [-0.4, -0.2) is 37.0 Å². The number of likely N-dealkylation sites (N-methyl/N-ethyl adjacent to an activating group) is 1. The number of nitrogens with one attached hydrogen (secondary N) is 1. The van der Waals surface area contributed by atoms with E-state index in [0.717, 1.165) is 13.0 Å². The van der Waals surface area contributed by atoms with Crippen LogP contribution < -0.4 is 5.32 Å². The highest BCUT2D eigenvalue weighted by Gasteiger charge is 2.09. The summed E-state index contributed by atoms with van der Waals surface area (Å²) in [6, 6.07) is 4.53. The second-order valence-electron chi connectivity index (χ2n) is 3.97. The van der Waals surface area contributed by atoms with Gasteiger partial charge in [-0.05, 0) is 31.7 Å². The van der Waals surface area contributed by atoms with E-state index in [1.807, 2.05) is 14.0 Å². The van der Waals surface area contributed by atoms with Crippen molar-refractivity contribution in [1.82, 2.24) is 10.2 Å². The van der Waals surface area contributed by atoms with Crippen molar-refractivity contribution < 1.29 is 4.79 Å². The Morgan fingerprint density at radius 1 is 1.62 bits per heavy atom. The molecule has 90 valence electrons. The number of thiophene rings is 1. The number of hydrogen-bond acceptors (Lipinski definition) is 3. The topological polar surface area (TPSA) is 32.3 Å². The summed E-state index contributed by atoms with van der Waals surface area (Å²) in [6.07, 6.45) is 0.987. The third-order valence-electron chi connectivity index (χ3n) is 2.59. The summed E-state index contributed by atoms with van der Waals surface area (Å²) >= 11 is 1.76. The van der Waals surface area contributed by atoms with Gasteiger partial charge in [0.25, 0.3) is 0 Å². The Balaban J connectivity index is 2.25. The van der Waals surface area contributed by atoms with Gasteiger partial charge in [-0.15, -0.1) is 11.3 Å². The van der Waals surface area contributed by atoms with E-state index in [-0.39, 0.29) is 5.91 Å². The molecule has 1 rings (SSSR count). The SMILES string of the molecule is CCN(C)C(=O)CNC(C)Cc1cccs1. The average molecular weight is 240 g/mol. The summed E-state index contributed by atoms with van der Waals surface area (Å²) in [6.45, 7) is 5.28. The molecule has 0 fully saturated rings. The van der Waals surface area contributed by atoms with E-state index in [4.69, 9.17) is 0 Å². The number of nitrogens with zero attached hydrogens (tertiary/aromatic N) is 1. The standard InChI is InChI=1S/C12H20N2OS/c1-4-14(3)12(15)9-13-10(2)8-11-6-5-7-16-11/h5-7,10,13H,4,8-9H2,1-3H3. The van der Waals surface area contributed by atoms with Crippen LogP contribution in [0.15, 0.2) is 17.5 Å². The Kier molecular flexibility index (Phi) is 5.49. The van der Waals surface area contributed by atoms with E-state index in [9.17, 15) is 4.79 Å². The molecule has 0 aromatic carbocycles. The predicted octanol–water partition coefficient (Wildman–Crippen LogP) is 1.75. The molecule has 16 heavy (non-hydrogen) atoms. The van der Waals surface area contributed by atoms with Gasteiger partial charge in [-0.25, -0.2) is 0 Å². The number of amides is 1. The number of hydrogen-bond donors (Lipinski definition) is 1. The molecule has 0 aliphatic carbocycles. The van der Waals surface area contributed by atoms with Crippen LogP contribution >= 0.6 is 11.3 Å². The van der Waals surface area contributed by atoms with Gasteiger partial charge >= 0.3 is 0 Å². The summed E-state index contributed by atoms with van der Waals surface area (Å²) in [5.74, 6) is 0.153. The van der Waals surface area contributed by atoms with Crippen molar-refractivity contribution in [2.75, 3.05) is 20.1 Å². The summed E-state index contributed by atoms with van der Waals surface area (Å²) in [7, 11) is 1.83. The van der Waals surface area contributed by atoms with Gasteiger partial charge in [-0.3, -0.25) is 4.79 Å². The summed E-state index contributed by atoms with van der Waals surface area (Å²) in [5, 5.41) is 5.33. The minimum atomic E-state index is 0.153. The first kappa shape index (κ1) is 13.2. The summed E-state index contributed by atoms with van der Waals surface area (Å²) in [4.78, 5) is 14.6. The molecule has 0 bridgehead atoms. The van der Waals surface area contributed by atoms with Crippen molar-refractivity contribution in [3.8, 4) is 0 Å². The van der Waals surface area contributed by atoms with E-state index < -0.39 is 0 Å². The molecule has 1 N–H and O–H groups in total. The van der Waals surface area contributed by atoms with Crippen molar-refractivity contribution in [2.24, 2.45) is 0 Å². The van der Waals surface area contributed by atoms with E-state index in [0.29, 0.717) is 12.6 Å². The lowest BCUT2D eigenvalue weighted by atomic mass is 10.2. The third-order valence-corrected chi connectivity index (χ3v) is 3.49. The molecule has 0 saturated heterocycles. The van der Waals surface area contributed by atoms with Crippen LogP contribution in [0.2, 0.25) is 0 Å². The molecular formula is C12H20N2OS. The Bertz CT molecular complexity index is 311. The monoisotopic (exact) mass is 240 g/mol. The summed E-state index contributed by atoms with van der Waals surface area (Å²) in [5.41, 5.74) is 0. The zero-order valence-electron chi connectivity index (χ0n) is 10.2. The first-order valence-electron chi connectivity index (χ1n) is 5.63. The highest BCUT2D eigenvalue weighted by atomic mass is 32.1.